The second-order valence-corrected chi connectivity index (χ2v) is 22.0. The van der Waals surface area contributed by atoms with Gasteiger partial charge >= 0.3 is 0 Å². The van der Waals surface area contributed by atoms with Crippen LogP contribution in [0.5, 0.6) is 11.5 Å². The van der Waals surface area contributed by atoms with Crippen LogP contribution in [-0.2, 0) is 10.0 Å². The number of halogens is 1. The molecule has 1 atom stereocenters. The maximum Gasteiger partial charge on any atom is 0.293 e. The molecule has 4 aliphatic rings. The van der Waals surface area contributed by atoms with Gasteiger partial charge in [0.05, 0.1) is 21.6 Å². The van der Waals surface area contributed by atoms with E-state index in [4.69, 9.17) is 16.3 Å². The third kappa shape index (κ3) is 11.2. The number of carbonyl (C=O) groups excluding carboxylic acids is 1. The number of allylic oxidation sites excluding steroid dienone is 1. The Bertz CT molecular complexity index is 2780. The van der Waals surface area contributed by atoms with Gasteiger partial charge in [-0.3, -0.25) is 24.7 Å². The number of ether oxygens (including phenoxy) is 1. The lowest BCUT2D eigenvalue weighted by atomic mass is 9.72. The van der Waals surface area contributed by atoms with Crippen molar-refractivity contribution in [2.75, 3.05) is 69.1 Å². The number of sulfonamides is 1. The van der Waals surface area contributed by atoms with Crippen molar-refractivity contribution in [1.82, 2.24) is 29.8 Å². The average Bonchev–Trinajstić information content (AvgIpc) is 3.80. The van der Waals surface area contributed by atoms with E-state index >= 15 is 0 Å². The monoisotopic (exact) mass is 963 g/mol. The highest BCUT2D eigenvalue weighted by atomic mass is 35.5. The number of anilines is 2. The molecule has 5 aromatic rings. The summed E-state index contributed by atoms with van der Waals surface area (Å²) >= 11 is 6.26. The van der Waals surface area contributed by atoms with Gasteiger partial charge in [-0.25, -0.2) is 18.1 Å². The Morgan fingerprint density at radius 1 is 0.985 bits per heavy atom. The van der Waals surface area contributed by atoms with Gasteiger partial charge in [-0.2, -0.15) is 0 Å². The molecule has 17 heteroatoms. The van der Waals surface area contributed by atoms with Gasteiger partial charge in [-0.15, -0.1) is 0 Å². The van der Waals surface area contributed by atoms with Crippen LogP contribution in [0.3, 0.4) is 0 Å². The first-order valence-electron chi connectivity index (χ1n) is 23.9. The number of nitrogens with zero attached hydrogens (tertiary/aromatic N) is 5. The molecule has 0 spiro atoms. The number of pyridine rings is 1. The molecular weight excluding hydrogens is 902 g/mol. The van der Waals surface area contributed by atoms with Gasteiger partial charge in [0.1, 0.15) is 22.8 Å². The quantitative estimate of drug-likeness (QED) is 0.0614. The van der Waals surface area contributed by atoms with Crippen molar-refractivity contribution >= 4 is 61.2 Å². The van der Waals surface area contributed by atoms with Crippen molar-refractivity contribution in [3.63, 3.8) is 0 Å². The fraction of sp³-hybridized carbons (Fsp3) is 0.451. The number of benzene rings is 3. The molecule has 9 rings (SSSR count). The molecule has 0 unspecified atom stereocenters. The van der Waals surface area contributed by atoms with Crippen LogP contribution >= 0.6 is 11.6 Å². The molecule has 4 N–H and O–H groups in total. The maximum atomic E-state index is 14.1. The molecule has 2 aromatic heterocycles. The zero-order chi connectivity index (χ0) is 47.6. The van der Waals surface area contributed by atoms with E-state index in [1.165, 1.54) is 35.0 Å². The van der Waals surface area contributed by atoms with Gasteiger partial charge in [0.2, 0.25) is 0 Å². The number of amides is 1. The Labute approximate surface area is 403 Å². The molecule has 2 aliphatic carbocycles. The number of aromatic amines is 1. The summed E-state index contributed by atoms with van der Waals surface area (Å²) in [4.78, 5) is 40.2. The van der Waals surface area contributed by atoms with Crippen molar-refractivity contribution < 1.29 is 22.9 Å². The topological polar surface area (TPSA) is 178 Å². The second-order valence-electron chi connectivity index (χ2n) is 19.8. The van der Waals surface area contributed by atoms with Gasteiger partial charge < -0.3 is 25.3 Å². The van der Waals surface area contributed by atoms with Crippen LogP contribution in [-0.4, -0.2) is 110 Å². The number of H-pyrrole nitrogens is 1. The highest BCUT2D eigenvalue weighted by Gasteiger charge is 2.32. The van der Waals surface area contributed by atoms with Gasteiger partial charge in [-0.1, -0.05) is 43.2 Å². The third-order valence-electron chi connectivity index (χ3n) is 14.4. The van der Waals surface area contributed by atoms with E-state index in [-0.39, 0.29) is 28.1 Å². The number of nitro benzene ring substituents is 1. The molecule has 3 fully saturated rings. The number of aromatic nitrogens is 2. The fourth-order valence-corrected chi connectivity index (χ4v) is 11.6. The number of carbonyl (C=O) groups is 1. The highest BCUT2D eigenvalue weighted by Crippen LogP contribution is 2.44. The van der Waals surface area contributed by atoms with Gasteiger partial charge in [-0.05, 0) is 123 Å². The van der Waals surface area contributed by atoms with Crippen molar-refractivity contribution in [1.29, 1.82) is 0 Å². The Morgan fingerprint density at radius 3 is 2.51 bits per heavy atom. The van der Waals surface area contributed by atoms with E-state index in [0.717, 1.165) is 119 Å². The third-order valence-corrected chi connectivity index (χ3v) is 15.9. The molecule has 1 saturated carbocycles. The first-order chi connectivity index (χ1) is 32.7. The molecule has 4 heterocycles. The summed E-state index contributed by atoms with van der Waals surface area (Å²) in [6.07, 6.45) is 10.7. The van der Waals surface area contributed by atoms with Crippen LogP contribution in [0.2, 0.25) is 5.02 Å². The van der Waals surface area contributed by atoms with Crippen LogP contribution in [0.15, 0.2) is 95.7 Å². The van der Waals surface area contributed by atoms with E-state index in [9.17, 15) is 23.3 Å². The lowest BCUT2D eigenvalue weighted by molar-refractivity contribution is -0.384. The fourth-order valence-electron chi connectivity index (χ4n) is 10.5. The minimum atomic E-state index is -4.57. The predicted octanol–water partition coefficient (Wildman–Crippen LogP) is 9.09. The summed E-state index contributed by atoms with van der Waals surface area (Å²) in [7, 11) is -4.57. The number of rotatable bonds is 14. The normalized spacial score (nSPS) is 21.7. The lowest BCUT2D eigenvalue weighted by Crippen LogP contribution is -2.53. The minimum absolute atomic E-state index is 0.0269. The molecule has 0 radical (unpaired) electrons. The number of nitro groups is 1. The summed E-state index contributed by atoms with van der Waals surface area (Å²) in [5, 5.41) is 20.6. The summed E-state index contributed by atoms with van der Waals surface area (Å²) in [6.45, 7) is 14.5. The predicted molar refractivity (Wildman–Crippen MR) is 268 cm³/mol. The van der Waals surface area contributed by atoms with Gasteiger partial charge in [0.25, 0.3) is 21.6 Å². The first kappa shape index (κ1) is 47.5. The number of piperazine rings is 2. The Hall–Kier alpha value is -5.52. The molecule has 360 valence electrons. The minimum Gasteiger partial charge on any atom is -0.455 e. The Morgan fingerprint density at radius 2 is 1.76 bits per heavy atom. The summed E-state index contributed by atoms with van der Waals surface area (Å²) in [5.74, 6) is -0.103. The average molecular weight is 965 g/mol. The molecule has 3 aromatic carbocycles. The van der Waals surface area contributed by atoms with Crippen LogP contribution in [0.4, 0.5) is 17.1 Å². The highest BCUT2D eigenvalue weighted by molar-refractivity contribution is 7.90. The van der Waals surface area contributed by atoms with Gasteiger partial charge in [0, 0.05) is 105 Å². The summed E-state index contributed by atoms with van der Waals surface area (Å²) in [6, 6.07) is 21.7. The number of hydrogen-bond donors (Lipinski definition) is 4. The molecule has 15 nitrogen and oxygen atoms in total. The van der Waals surface area contributed by atoms with Crippen molar-refractivity contribution in [3.8, 4) is 11.5 Å². The maximum absolute atomic E-state index is 14.1. The second kappa shape index (κ2) is 20.2. The van der Waals surface area contributed by atoms with Crippen LogP contribution < -0.4 is 25.0 Å². The van der Waals surface area contributed by atoms with E-state index < -0.39 is 25.7 Å². The first-order valence-corrected chi connectivity index (χ1v) is 25.8. The standard InChI is InChI=1S/C51H62ClN9O6S/c1-34-32-60(21-20-53-34)40-10-4-35(5-11-40)30-55-46-15-13-43(28-47(46)61(63)64)68(65,66)57-50(62)44-14-12-41(27-48(44)67-42-26-37-17-19-54-49(37)56-31-42)59-24-22-58(23-25-59)33-38-16-18-51(2,3)29-45(38)36-6-8-39(52)9-7-36/h6-9,12-15,17,19,26-28,31,34-35,40,53,55H,4-5,10-11,16,18,20-25,29-30,32-33H2,1-3H3,(H,54,56)(H,57,62)/t34-,35-,40-/m0/s1. The zero-order valence-corrected chi connectivity index (χ0v) is 40.7. The number of nitrogens with one attached hydrogen (secondary N) is 4. The molecular formula is C51H62ClN9O6S. The smallest absolute Gasteiger partial charge is 0.293 e. The van der Waals surface area contributed by atoms with Crippen molar-refractivity contribution in [2.45, 2.75) is 82.7 Å². The molecule has 0 bridgehead atoms. The van der Waals surface area contributed by atoms with Gasteiger partial charge in [0.15, 0.2) is 0 Å². The molecule has 68 heavy (non-hydrogen) atoms. The van der Waals surface area contributed by atoms with Crippen molar-refractivity contribution in [3.05, 3.63) is 117 Å². The molecule has 2 aliphatic heterocycles. The van der Waals surface area contributed by atoms with Crippen molar-refractivity contribution in [2.24, 2.45) is 11.3 Å². The van der Waals surface area contributed by atoms with E-state index in [2.05, 4.69) is 72.9 Å². The van der Waals surface area contributed by atoms with Crippen LogP contribution in [0.1, 0.15) is 81.6 Å². The number of hydrogen-bond acceptors (Lipinski definition) is 12. The van der Waals surface area contributed by atoms with E-state index in [1.807, 2.05) is 18.2 Å². The number of fused-ring (bicyclic) bond motifs is 1. The van der Waals surface area contributed by atoms with E-state index in [0.29, 0.717) is 35.9 Å². The van der Waals surface area contributed by atoms with Crippen LogP contribution in [0, 0.1) is 21.4 Å². The Kier molecular flexibility index (Phi) is 14.1. The largest absolute Gasteiger partial charge is 0.455 e. The molecule has 2 saturated heterocycles. The molecule has 1 amide bonds. The summed E-state index contributed by atoms with van der Waals surface area (Å²) < 4.78 is 36.2. The zero-order valence-electron chi connectivity index (χ0n) is 39.1. The van der Waals surface area contributed by atoms with Crippen LogP contribution in [0.25, 0.3) is 16.6 Å². The van der Waals surface area contributed by atoms with E-state index in [1.54, 1.807) is 30.5 Å². The Balaban J connectivity index is 0.885. The summed E-state index contributed by atoms with van der Waals surface area (Å²) in [5.41, 5.74) is 5.65. The SMILES string of the molecule is C[C@H]1CN([C@H]2CC[C@H](CNc3ccc(S(=O)(=O)NC(=O)c4ccc(N5CCN(CC6=C(c7ccc(Cl)cc7)CC(C)(C)CC6)CC5)cc4Oc4cnc5[nH]ccc5c4)cc3[N+](=O)[O-])CC2)CCN1. The lowest BCUT2D eigenvalue weighted by Gasteiger charge is -2.41.